The van der Waals surface area contributed by atoms with Crippen LogP contribution in [0.5, 0.6) is 0 Å². The number of nitrogens with zero attached hydrogens (tertiary/aromatic N) is 3. The van der Waals surface area contributed by atoms with Crippen molar-refractivity contribution in [3.05, 3.63) is 60.4 Å². The van der Waals surface area contributed by atoms with Crippen LogP contribution in [-0.2, 0) is 0 Å². The van der Waals surface area contributed by atoms with Gasteiger partial charge in [0.1, 0.15) is 11.7 Å². The highest BCUT2D eigenvalue weighted by molar-refractivity contribution is 7.99. The summed E-state index contributed by atoms with van der Waals surface area (Å²) in [6, 6.07) is 17.4. The van der Waals surface area contributed by atoms with Crippen molar-refractivity contribution in [1.29, 1.82) is 0 Å². The Kier molecular flexibility index (Phi) is 3.37. The zero-order chi connectivity index (χ0) is 15.9. The lowest BCUT2D eigenvalue weighted by Crippen LogP contribution is -2.35. The Hall–Kier alpha value is -2.20. The third-order valence-electron chi connectivity index (χ3n) is 4.78. The van der Waals surface area contributed by atoms with Gasteiger partial charge in [0.15, 0.2) is 0 Å². The molecular formula is C20H19N3S. The molecule has 0 bridgehead atoms. The number of fused-ring (bicyclic) bond motifs is 2. The maximum Gasteiger partial charge on any atom is 0.115 e. The van der Waals surface area contributed by atoms with Crippen molar-refractivity contribution >= 4 is 29.0 Å². The van der Waals surface area contributed by atoms with E-state index in [0.29, 0.717) is 0 Å². The van der Waals surface area contributed by atoms with Gasteiger partial charge in [0.05, 0.1) is 11.4 Å². The standard InChI is InChI=1S/C20H19N3S/c1-3-9-17-15(7-1)23(16-8-2-4-10-18(16)24-17)20-12-6-14-22(20)19-11-5-13-21-19/h1-4,7-10,12H,5-6,11,13-14H2. The van der Waals surface area contributed by atoms with E-state index in [1.54, 1.807) is 0 Å². The smallest absolute Gasteiger partial charge is 0.115 e. The van der Waals surface area contributed by atoms with E-state index >= 15 is 0 Å². The summed E-state index contributed by atoms with van der Waals surface area (Å²) in [5.41, 5.74) is 2.55. The molecule has 3 nitrogen and oxygen atoms in total. The summed E-state index contributed by atoms with van der Waals surface area (Å²) in [7, 11) is 0. The first-order valence-corrected chi connectivity index (χ1v) is 9.40. The largest absolute Gasteiger partial charge is 0.316 e. The summed E-state index contributed by atoms with van der Waals surface area (Å²) in [4.78, 5) is 12.2. The lowest BCUT2D eigenvalue weighted by atomic mass is 10.2. The van der Waals surface area contributed by atoms with Crippen molar-refractivity contribution in [3.8, 4) is 0 Å². The van der Waals surface area contributed by atoms with E-state index in [9.17, 15) is 0 Å². The van der Waals surface area contributed by atoms with E-state index < -0.39 is 0 Å². The van der Waals surface area contributed by atoms with Crippen molar-refractivity contribution in [2.24, 2.45) is 4.99 Å². The van der Waals surface area contributed by atoms with E-state index in [0.717, 1.165) is 25.9 Å². The highest BCUT2D eigenvalue weighted by atomic mass is 32.2. The molecule has 0 N–H and O–H groups in total. The lowest BCUT2D eigenvalue weighted by Gasteiger charge is -2.37. The number of hydrogen-bond acceptors (Lipinski definition) is 4. The first-order valence-electron chi connectivity index (χ1n) is 8.59. The molecule has 0 aromatic heterocycles. The number of anilines is 2. The number of hydrogen-bond donors (Lipinski definition) is 0. The monoisotopic (exact) mass is 333 g/mol. The zero-order valence-electron chi connectivity index (χ0n) is 13.5. The number of benzene rings is 2. The fourth-order valence-electron chi connectivity index (χ4n) is 3.72. The molecule has 2 aromatic rings. The van der Waals surface area contributed by atoms with Gasteiger partial charge in [-0.25, -0.2) is 0 Å². The van der Waals surface area contributed by atoms with Crippen LogP contribution < -0.4 is 4.90 Å². The molecule has 5 rings (SSSR count). The predicted molar refractivity (Wildman–Crippen MR) is 100 cm³/mol. The second-order valence-corrected chi connectivity index (χ2v) is 7.36. The van der Waals surface area contributed by atoms with Crippen LogP contribution in [0.3, 0.4) is 0 Å². The van der Waals surface area contributed by atoms with Gasteiger partial charge < -0.3 is 4.90 Å². The predicted octanol–water partition coefficient (Wildman–Crippen LogP) is 5.03. The minimum atomic E-state index is 0.974. The Bertz CT molecular complexity index is 810. The van der Waals surface area contributed by atoms with Crippen LogP contribution >= 0.6 is 11.8 Å². The lowest BCUT2D eigenvalue weighted by molar-refractivity contribution is 0.541. The minimum Gasteiger partial charge on any atom is -0.316 e. The van der Waals surface area contributed by atoms with Gasteiger partial charge in [-0.15, -0.1) is 0 Å². The van der Waals surface area contributed by atoms with Crippen LogP contribution in [0.1, 0.15) is 19.3 Å². The molecule has 0 saturated carbocycles. The third kappa shape index (κ3) is 2.17. The molecule has 0 unspecified atom stereocenters. The molecule has 3 heterocycles. The average Bonchev–Trinajstić information content (AvgIpc) is 3.30. The van der Waals surface area contributed by atoms with Crippen LogP contribution in [0.4, 0.5) is 11.4 Å². The summed E-state index contributed by atoms with van der Waals surface area (Å²) in [5.74, 6) is 2.53. The second-order valence-electron chi connectivity index (χ2n) is 6.28. The SMILES string of the molecule is C1=C(N2c3ccccc3Sc3ccccc32)N(C2=NCCC2)CC1. The molecule has 0 spiro atoms. The summed E-state index contributed by atoms with van der Waals surface area (Å²) in [5, 5.41) is 0. The molecule has 0 radical (unpaired) electrons. The molecule has 0 aliphatic carbocycles. The Morgan fingerprint density at radius 3 is 2.29 bits per heavy atom. The molecule has 0 amide bonds. The number of rotatable bonds is 1. The summed E-state index contributed by atoms with van der Waals surface area (Å²) >= 11 is 1.86. The minimum absolute atomic E-state index is 0.974. The van der Waals surface area contributed by atoms with Gasteiger partial charge in [-0.3, -0.25) is 9.89 Å². The van der Waals surface area contributed by atoms with Crippen LogP contribution in [-0.4, -0.2) is 23.8 Å². The van der Waals surface area contributed by atoms with Crippen LogP contribution in [0.15, 0.2) is 75.2 Å². The summed E-state index contributed by atoms with van der Waals surface area (Å²) in [6.07, 6.45) is 5.73. The van der Waals surface area contributed by atoms with Crippen molar-refractivity contribution in [3.63, 3.8) is 0 Å². The van der Waals surface area contributed by atoms with Gasteiger partial charge in [-0.05, 0) is 43.2 Å². The molecule has 0 saturated heterocycles. The first kappa shape index (κ1) is 14.2. The van der Waals surface area contributed by atoms with Crippen LogP contribution in [0.2, 0.25) is 0 Å². The third-order valence-corrected chi connectivity index (χ3v) is 5.91. The number of aliphatic imine (C=N–C) groups is 1. The maximum absolute atomic E-state index is 4.74. The van der Waals surface area contributed by atoms with Gasteiger partial charge in [-0.1, -0.05) is 36.0 Å². The van der Waals surface area contributed by atoms with Gasteiger partial charge >= 0.3 is 0 Å². The van der Waals surface area contributed by atoms with E-state index in [1.165, 1.54) is 39.2 Å². The van der Waals surface area contributed by atoms with E-state index in [2.05, 4.69) is 64.4 Å². The fraction of sp³-hybridized carbons (Fsp3) is 0.250. The fourth-order valence-corrected chi connectivity index (χ4v) is 4.77. The molecule has 3 aliphatic rings. The molecular weight excluding hydrogens is 314 g/mol. The topological polar surface area (TPSA) is 18.8 Å². The molecule has 24 heavy (non-hydrogen) atoms. The van der Waals surface area contributed by atoms with Crippen molar-refractivity contribution in [2.75, 3.05) is 18.0 Å². The average molecular weight is 333 g/mol. The second kappa shape index (κ2) is 5.71. The van der Waals surface area contributed by atoms with Gasteiger partial charge in [-0.2, -0.15) is 0 Å². The molecule has 0 atom stereocenters. The number of amidine groups is 1. The van der Waals surface area contributed by atoms with Gasteiger partial charge in [0.2, 0.25) is 0 Å². The quantitative estimate of drug-likeness (QED) is 0.729. The molecule has 0 fully saturated rings. The summed E-state index contributed by atoms with van der Waals surface area (Å²) < 4.78 is 0. The molecule has 120 valence electrons. The van der Waals surface area contributed by atoms with Crippen molar-refractivity contribution in [1.82, 2.24) is 4.90 Å². The highest BCUT2D eigenvalue weighted by Crippen LogP contribution is 2.50. The number of para-hydroxylation sites is 2. The van der Waals surface area contributed by atoms with Crippen LogP contribution in [0.25, 0.3) is 0 Å². The van der Waals surface area contributed by atoms with Crippen molar-refractivity contribution < 1.29 is 0 Å². The molecule has 3 aliphatic heterocycles. The van der Waals surface area contributed by atoms with E-state index in [4.69, 9.17) is 4.99 Å². The van der Waals surface area contributed by atoms with Gasteiger partial charge in [0.25, 0.3) is 0 Å². The van der Waals surface area contributed by atoms with Crippen molar-refractivity contribution in [2.45, 2.75) is 29.1 Å². The Labute approximate surface area is 146 Å². The Morgan fingerprint density at radius 1 is 0.917 bits per heavy atom. The maximum atomic E-state index is 4.74. The van der Waals surface area contributed by atoms with E-state index in [-0.39, 0.29) is 0 Å². The Balaban J connectivity index is 1.65. The Morgan fingerprint density at radius 2 is 1.62 bits per heavy atom. The molecule has 2 aromatic carbocycles. The highest BCUT2D eigenvalue weighted by Gasteiger charge is 2.32. The van der Waals surface area contributed by atoms with E-state index in [1.807, 2.05) is 11.8 Å². The van der Waals surface area contributed by atoms with Crippen LogP contribution in [0, 0.1) is 0 Å². The molecule has 4 heteroatoms. The van der Waals surface area contributed by atoms with Gasteiger partial charge in [0, 0.05) is 29.3 Å². The normalized spacial score (nSPS) is 19.0. The summed E-state index contributed by atoms with van der Waals surface area (Å²) in [6.45, 7) is 2.02. The zero-order valence-corrected chi connectivity index (χ0v) is 14.3. The first-order chi connectivity index (χ1) is 11.9.